The highest BCUT2D eigenvalue weighted by atomic mass is 16.1. The van der Waals surface area contributed by atoms with E-state index in [2.05, 4.69) is 9.97 Å². The van der Waals surface area contributed by atoms with Gasteiger partial charge in [-0.3, -0.25) is 0 Å². The van der Waals surface area contributed by atoms with Crippen molar-refractivity contribution in [3.8, 4) is 0 Å². The summed E-state index contributed by atoms with van der Waals surface area (Å²) in [5.41, 5.74) is 0.788. The second kappa shape index (κ2) is 4.69. The van der Waals surface area contributed by atoms with E-state index in [1.165, 1.54) is 0 Å². The summed E-state index contributed by atoms with van der Waals surface area (Å²) in [6.45, 7) is 2.00. The number of hydrogen-bond donors (Lipinski definition) is 0. The lowest BCUT2D eigenvalue weighted by atomic mass is 10.3. The van der Waals surface area contributed by atoms with Crippen molar-refractivity contribution in [1.82, 2.24) is 9.97 Å². The summed E-state index contributed by atoms with van der Waals surface area (Å²) in [5, 5.41) is 0. The maximum absolute atomic E-state index is 10.4. The Morgan fingerprint density at radius 2 is 2.14 bits per heavy atom. The fourth-order valence-electron chi connectivity index (χ4n) is 1.11. The molecule has 1 rings (SSSR count). The predicted molar refractivity (Wildman–Crippen MR) is 55.5 cm³/mol. The fraction of sp³-hybridized carbons (Fsp3) is 0.500. The van der Waals surface area contributed by atoms with Crippen LogP contribution in [0, 0.1) is 0 Å². The predicted octanol–water partition coefficient (Wildman–Crippen LogP) is 0.846. The SMILES string of the molecule is CCc1nc(CC=O)cc(N(C)C)n1. The van der Waals surface area contributed by atoms with Crippen molar-refractivity contribution in [3.63, 3.8) is 0 Å². The van der Waals surface area contributed by atoms with E-state index in [0.29, 0.717) is 6.42 Å². The first-order chi connectivity index (χ1) is 6.67. The van der Waals surface area contributed by atoms with Gasteiger partial charge in [-0.15, -0.1) is 0 Å². The first-order valence-electron chi connectivity index (χ1n) is 4.65. The van der Waals surface area contributed by atoms with Gasteiger partial charge in [0.05, 0.1) is 5.69 Å². The number of carbonyl (C=O) groups excluding carboxylic acids is 1. The second-order valence-electron chi connectivity index (χ2n) is 3.25. The minimum absolute atomic E-state index is 0.357. The Morgan fingerprint density at radius 3 is 2.64 bits per heavy atom. The molecule has 1 aromatic rings. The van der Waals surface area contributed by atoms with Crippen LogP contribution in [0.25, 0.3) is 0 Å². The Balaban J connectivity index is 3.06. The third-order valence-electron chi connectivity index (χ3n) is 1.88. The molecule has 14 heavy (non-hydrogen) atoms. The van der Waals surface area contributed by atoms with Crippen LogP contribution >= 0.6 is 0 Å². The standard InChI is InChI=1S/C10H15N3O/c1-4-9-11-8(5-6-14)7-10(12-9)13(2)3/h6-7H,4-5H2,1-3H3. The molecule has 0 spiro atoms. The van der Waals surface area contributed by atoms with Crippen molar-refractivity contribution < 1.29 is 4.79 Å². The zero-order chi connectivity index (χ0) is 10.6. The number of aldehydes is 1. The molecule has 0 aliphatic carbocycles. The lowest BCUT2D eigenvalue weighted by Crippen LogP contribution is -2.13. The van der Waals surface area contributed by atoms with Gasteiger partial charge in [0.15, 0.2) is 0 Å². The Kier molecular flexibility index (Phi) is 3.56. The molecule has 0 radical (unpaired) electrons. The number of aromatic nitrogens is 2. The minimum atomic E-state index is 0.357. The second-order valence-corrected chi connectivity index (χ2v) is 3.25. The van der Waals surface area contributed by atoms with Crippen molar-refractivity contribution in [2.75, 3.05) is 19.0 Å². The Bertz CT molecular complexity index is 323. The number of anilines is 1. The third kappa shape index (κ3) is 2.52. The number of aryl methyl sites for hydroxylation is 1. The van der Waals surface area contributed by atoms with Gasteiger partial charge in [0.1, 0.15) is 17.9 Å². The molecule has 4 heteroatoms. The fourth-order valence-corrected chi connectivity index (χ4v) is 1.11. The molecule has 1 heterocycles. The van der Waals surface area contributed by atoms with Crippen LogP contribution in [0.5, 0.6) is 0 Å². The number of rotatable bonds is 4. The van der Waals surface area contributed by atoms with Crippen LogP contribution in [0.1, 0.15) is 18.4 Å². The Morgan fingerprint density at radius 1 is 1.43 bits per heavy atom. The molecular formula is C10H15N3O. The molecule has 0 unspecified atom stereocenters. The largest absolute Gasteiger partial charge is 0.363 e. The van der Waals surface area contributed by atoms with Crippen LogP contribution in [0.3, 0.4) is 0 Å². The summed E-state index contributed by atoms with van der Waals surface area (Å²) in [4.78, 5) is 20.9. The molecule has 0 bridgehead atoms. The molecule has 0 amide bonds. The average Bonchev–Trinajstić information content (AvgIpc) is 2.17. The van der Waals surface area contributed by atoms with E-state index in [1.54, 1.807) is 0 Å². The topological polar surface area (TPSA) is 46.1 Å². The number of nitrogens with zero attached hydrogens (tertiary/aromatic N) is 3. The van der Waals surface area contributed by atoms with Crippen LogP contribution in [-0.4, -0.2) is 30.3 Å². The molecule has 1 aromatic heterocycles. The summed E-state index contributed by atoms with van der Waals surface area (Å²) in [6, 6.07) is 1.84. The van der Waals surface area contributed by atoms with Gasteiger partial charge in [-0.25, -0.2) is 9.97 Å². The van der Waals surface area contributed by atoms with Gasteiger partial charge in [-0.1, -0.05) is 6.92 Å². The molecule has 0 atom stereocenters. The van der Waals surface area contributed by atoms with Gasteiger partial charge in [-0.05, 0) is 0 Å². The van der Waals surface area contributed by atoms with E-state index in [-0.39, 0.29) is 0 Å². The molecule has 0 saturated heterocycles. The first-order valence-corrected chi connectivity index (χ1v) is 4.65. The Hall–Kier alpha value is -1.45. The van der Waals surface area contributed by atoms with Crippen LogP contribution in [0.2, 0.25) is 0 Å². The van der Waals surface area contributed by atoms with E-state index in [9.17, 15) is 4.79 Å². The minimum Gasteiger partial charge on any atom is -0.363 e. The van der Waals surface area contributed by atoms with Crippen LogP contribution < -0.4 is 4.90 Å². The zero-order valence-electron chi connectivity index (χ0n) is 8.82. The lowest BCUT2D eigenvalue weighted by molar-refractivity contribution is -0.107. The van der Waals surface area contributed by atoms with E-state index < -0.39 is 0 Å². The van der Waals surface area contributed by atoms with Crippen LogP contribution in [0.4, 0.5) is 5.82 Å². The lowest BCUT2D eigenvalue weighted by Gasteiger charge is -2.12. The molecular weight excluding hydrogens is 178 g/mol. The summed E-state index contributed by atoms with van der Waals surface area (Å²) >= 11 is 0. The van der Waals surface area contributed by atoms with E-state index in [0.717, 1.165) is 30.0 Å². The van der Waals surface area contributed by atoms with E-state index in [1.807, 2.05) is 32.0 Å². The monoisotopic (exact) mass is 193 g/mol. The zero-order valence-corrected chi connectivity index (χ0v) is 8.82. The molecule has 4 nitrogen and oxygen atoms in total. The average molecular weight is 193 g/mol. The molecule has 0 aliphatic heterocycles. The summed E-state index contributed by atoms with van der Waals surface area (Å²) < 4.78 is 0. The maximum atomic E-state index is 10.4. The van der Waals surface area contributed by atoms with Crippen molar-refractivity contribution in [3.05, 3.63) is 17.6 Å². The molecule has 0 N–H and O–H groups in total. The van der Waals surface area contributed by atoms with Crippen molar-refractivity contribution in [2.45, 2.75) is 19.8 Å². The first kappa shape index (κ1) is 10.6. The van der Waals surface area contributed by atoms with Crippen LogP contribution in [0.15, 0.2) is 6.07 Å². The highest BCUT2D eigenvalue weighted by Crippen LogP contribution is 2.10. The summed E-state index contributed by atoms with van der Waals surface area (Å²) in [6.07, 6.45) is 2.01. The van der Waals surface area contributed by atoms with Gasteiger partial charge in [0, 0.05) is 33.0 Å². The smallest absolute Gasteiger partial charge is 0.132 e. The summed E-state index contributed by atoms with van der Waals surface area (Å²) in [7, 11) is 3.85. The number of carbonyl (C=O) groups is 1. The van der Waals surface area contributed by atoms with E-state index in [4.69, 9.17) is 0 Å². The van der Waals surface area contributed by atoms with Gasteiger partial charge in [-0.2, -0.15) is 0 Å². The van der Waals surface area contributed by atoms with Crippen molar-refractivity contribution in [1.29, 1.82) is 0 Å². The van der Waals surface area contributed by atoms with Gasteiger partial charge in [0.2, 0.25) is 0 Å². The van der Waals surface area contributed by atoms with Gasteiger partial charge in [0.25, 0.3) is 0 Å². The third-order valence-corrected chi connectivity index (χ3v) is 1.88. The molecule has 0 aromatic carbocycles. The van der Waals surface area contributed by atoms with Gasteiger partial charge < -0.3 is 9.69 Å². The van der Waals surface area contributed by atoms with Crippen molar-refractivity contribution in [2.24, 2.45) is 0 Å². The Labute approximate surface area is 84.0 Å². The van der Waals surface area contributed by atoms with Crippen LogP contribution in [-0.2, 0) is 17.6 Å². The van der Waals surface area contributed by atoms with E-state index >= 15 is 0 Å². The summed E-state index contributed by atoms with van der Waals surface area (Å²) in [5.74, 6) is 1.64. The molecule has 76 valence electrons. The van der Waals surface area contributed by atoms with Crippen molar-refractivity contribution >= 4 is 12.1 Å². The van der Waals surface area contributed by atoms with Gasteiger partial charge >= 0.3 is 0 Å². The quantitative estimate of drug-likeness (QED) is 0.665. The maximum Gasteiger partial charge on any atom is 0.132 e. The molecule has 0 fully saturated rings. The molecule has 0 aliphatic rings. The highest BCUT2D eigenvalue weighted by molar-refractivity contribution is 5.55. The highest BCUT2D eigenvalue weighted by Gasteiger charge is 2.04. The normalized spacial score (nSPS) is 9.93. The number of hydrogen-bond acceptors (Lipinski definition) is 4. The molecule has 0 saturated carbocycles.